The summed E-state index contributed by atoms with van der Waals surface area (Å²) in [6, 6.07) is -1.74. The van der Waals surface area contributed by atoms with Gasteiger partial charge < -0.3 is 20.8 Å². The topological polar surface area (TPSA) is 104 Å². The van der Waals surface area contributed by atoms with E-state index >= 15 is 0 Å². The Bertz CT molecular complexity index is 324. The molecule has 1 aliphatic rings. The molecule has 2 unspecified atom stereocenters. The van der Waals surface area contributed by atoms with Gasteiger partial charge in [0.05, 0.1) is 12.1 Å². The molecule has 0 bridgehead atoms. The summed E-state index contributed by atoms with van der Waals surface area (Å²) in [7, 11) is 0. The Hall–Kier alpha value is -1.14. The summed E-state index contributed by atoms with van der Waals surface area (Å²) >= 11 is 0. The number of hydrogen-bond acceptors (Lipinski definition) is 4. The molecule has 1 heterocycles. The number of nitrogens with two attached hydrogens (primary N) is 1. The van der Waals surface area contributed by atoms with Crippen LogP contribution in [0.5, 0.6) is 0 Å². The number of likely N-dealkylation sites (tertiary alicyclic amines) is 1. The molecule has 1 fully saturated rings. The first-order valence-corrected chi connectivity index (χ1v) is 5.61. The quantitative estimate of drug-likeness (QED) is 0.602. The Kier molecular flexibility index (Phi) is 3.78. The number of hydrogen-bond donors (Lipinski definition) is 3. The first-order chi connectivity index (χ1) is 7.64. The number of carbonyl (C=O) groups excluding carboxylic acids is 1. The lowest BCUT2D eigenvalue weighted by atomic mass is 9.86. The standard InChI is InChI=1S/C11H20N2O4/c1-11(2,3)8(12)9(15)13-5-6(14)4-7(13)10(16)17/h6-8,14H,4-5,12H2,1-3H3,(H,16,17)/t6?,7-,8?/m1/s1. The van der Waals surface area contributed by atoms with Crippen molar-refractivity contribution in [3.63, 3.8) is 0 Å². The van der Waals surface area contributed by atoms with Crippen LogP contribution in [0.15, 0.2) is 0 Å². The van der Waals surface area contributed by atoms with Crippen molar-refractivity contribution in [3.8, 4) is 0 Å². The highest BCUT2D eigenvalue weighted by molar-refractivity contribution is 5.88. The number of β-amino-alcohol motifs (C(OH)–C–C–N with tert-alkyl or cyclic N) is 1. The molecule has 3 atom stereocenters. The maximum Gasteiger partial charge on any atom is 0.326 e. The van der Waals surface area contributed by atoms with Gasteiger partial charge in [0.1, 0.15) is 6.04 Å². The summed E-state index contributed by atoms with van der Waals surface area (Å²) in [6.07, 6.45) is -0.718. The van der Waals surface area contributed by atoms with E-state index in [9.17, 15) is 14.7 Å². The summed E-state index contributed by atoms with van der Waals surface area (Å²) in [5.74, 6) is -1.52. The molecule has 1 saturated heterocycles. The van der Waals surface area contributed by atoms with Gasteiger partial charge >= 0.3 is 5.97 Å². The normalized spacial score (nSPS) is 27.0. The summed E-state index contributed by atoms with van der Waals surface area (Å²) in [5, 5.41) is 18.4. The van der Waals surface area contributed by atoms with Gasteiger partial charge in [0.25, 0.3) is 0 Å². The van der Waals surface area contributed by atoms with E-state index in [0.29, 0.717) is 0 Å². The van der Waals surface area contributed by atoms with Gasteiger partial charge in [-0.25, -0.2) is 4.79 Å². The fourth-order valence-electron chi connectivity index (χ4n) is 1.84. The summed E-state index contributed by atoms with van der Waals surface area (Å²) in [4.78, 5) is 24.2. The maximum atomic E-state index is 12.1. The molecule has 0 aromatic carbocycles. The molecule has 0 saturated carbocycles. The van der Waals surface area contributed by atoms with E-state index in [1.165, 1.54) is 4.90 Å². The van der Waals surface area contributed by atoms with E-state index in [-0.39, 0.29) is 13.0 Å². The van der Waals surface area contributed by atoms with Crippen molar-refractivity contribution in [1.29, 1.82) is 0 Å². The van der Waals surface area contributed by atoms with Gasteiger partial charge in [-0.15, -0.1) is 0 Å². The second-order valence-corrected chi connectivity index (χ2v) is 5.58. The Morgan fingerprint density at radius 2 is 1.94 bits per heavy atom. The number of aliphatic carboxylic acids is 1. The van der Waals surface area contributed by atoms with Gasteiger partial charge in [-0.3, -0.25) is 4.79 Å². The Labute approximate surface area is 100 Å². The van der Waals surface area contributed by atoms with Crippen LogP contribution in [0, 0.1) is 5.41 Å². The zero-order chi connectivity index (χ0) is 13.4. The highest BCUT2D eigenvalue weighted by Gasteiger charge is 2.42. The number of aliphatic hydroxyl groups is 1. The van der Waals surface area contributed by atoms with Gasteiger partial charge in [0.2, 0.25) is 5.91 Å². The fourth-order valence-corrected chi connectivity index (χ4v) is 1.84. The predicted octanol–water partition coefficient (Wildman–Crippen LogP) is -0.594. The highest BCUT2D eigenvalue weighted by atomic mass is 16.4. The van der Waals surface area contributed by atoms with Crippen LogP contribution in [0.4, 0.5) is 0 Å². The zero-order valence-corrected chi connectivity index (χ0v) is 10.4. The summed E-state index contributed by atoms with van der Waals surface area (Å²) < 4.78 is 0. The fraction of sp³-hybridized carbons (Fsp3) is 0.818. The van der Waals surface area contributed by atoms with Crippen LogP contribution in [-0.4, -0.2) is 51.7 Å². The van der Waals surface area contributed by atoms with Crippen molar-refractivity contribution in [2.24, 2.45) is 11.1 Å². The largest absolute Gasteiger partial charge is 0.480 e. The Morgan fingerprint density at radius 1 is 1.41 bits per heavy atom. The average molecular weight is 244 g/mol. The molecule has 1 rings (SSSR count). The lowest BCUT2D eigenvalue weighted by Crippen LogP contribution is -2.53. The van der Waals surface area contributed by atoms with Crippen LogP contribution in [0.1, 0.15) is 27.2 Å². The van der Waals surface area contributed by atoms with Crippen molar-refractivity contribution in [3.05, 3.63) is 0 Å². The number of nitrogens with zero attached hydrogens (tertiary/aromatic N) is 1. The van der Waals surface area contributed by atoms with Gasteiger partial charge in [0, 0.05) is 13.0 Å². The summed E-state index contributed by atoms with van der Waals surface area (Å²) in [5.41, 5.74) is 5.38. The maximum absolute atomic E-state index is 12.1. The Balaban J connectivity index is 2.84. The number of carbonyl (C=O) groups is 2. The van der Waals surface area contributed by atoms with Gasteiger partial charge in [-0.1, -0.05) is 20.8 Å². The van der Waals surface area contributed by atoms with Crippen LogP contribution < -0.4 is 5.73 Å². The van der Waals surface area contributed by atoms with Crippen LogP contribution in [0.3, 0.4) is 0 Å². The van der Waals surface area contributed by atoms with E-state index in [1.54, 1.807) is 0 Å². The van der Waals surface area contributed by atoms with E-state index < -0.39 is 35.5 Å². The van der Waals surface area contributed by atoms with E-state index in [4.69, 9.17) is 10.8 Å². The Morgan fingerprint density at radius 3 is 2.35 bits per heavy atom. The monoisotopic (exact) mass is 244 g/mol. The molecule has 0 radical (unpaired) electrons. The number of amides is 1. The summed E-state index contributed by atoms with van der Waals surface area (Å²) in [6.45, 7) is 5.49. The lowest BCUT2D eigenvalue weighted by Gasteiger charge is -2.31. The van der Waals surface area contributed by atoms with Crippen LogP contribution >= 0.6 is 0 Å². The number of carboxylic acids is 1. The molecule has 1 aliphatic heterocycles. The molecule has 6 heteroatoms. The van der Waals surface area contributed by atoms with Crippen molar-refractivity contribution in [2.45, 2.75) is 45.4 Å². The van der Waals surface area contributed by atoms with Crippen molar-refractivity contribution < 1.29 is 19.8 Å². The second kappa shape index (κ2) is 4.62. The van der Waals surface area contributed by atoms with Crippen LogP contribution in [-0.2, 0) is 9.59 Å². The van der Waals surface area contributed by atoms with Crippen molar-refractivity contribution in [2.75, 3.05) is 6.54 Å². The molecule has 0 aromatic rings. The molecule has 0 aliphatic carbocycles. The third-order valence-corrected chi connectivity index (χ3v) is 3.05. The molecule has 4 N–H and O–H groups in total. The van der Waals surface area contributed by atoms with Gasteiger partial charge in [0.15, 0.2) is 0 Å². The second-order valence-electron chi connectivity index (χ2n) is 5.58. The van der Waals surface area contributed by atoms with Gasteiger partial charge in [-0.2, -0.15) is 0 Å². The molecule has 6 nitrogen and oxygen atoms in total. The highest BCUT2D eigenvalue weighted by Crippen LogP contribution is 2.24. The SMILES string of the molecule is CC(C)(C)C(N)C(=O)N1CC(O)C[C@@H]1C(=O)O. The minimum Gasteiger partial charge on any atom is -0.480 e. The molecule has 0 aromatic heterocycles. The molecule has 1 amide bonds. The van der Waals surface area contributed by atoms with Crippen LogP contribution in [0.2, 0.25) is 0 Å². The predicted molar refractivity (Wildman–Crippen MR) is 61.2 cm³/mol. The van der Waals surface area contributed by atoms with Gasteiger partial charge in [-0.05, 0) is 5.41 Å². The molecule has 0 spiro atoms. The van der Waals surface area contributed by atoms with E-state index in [2.05, 4.69) is 0 Å². The molecule has 17 heavy (non-hydrogen) atoms. The first kappa shape index (κ1) is 13.9. The van der Waals surface area contributed by atoms with Crippen molar-refractivity contribution >= 4 is 11.9 Å². The molecule has 98 valence electrons. The van der Waals surface area contributed by atoms with E-state index in [1.807, 2.05) is 20.8 Å². The number of rotatable bonds is 2. The van der Waals surface area contributed by atoms with Crippen LogP contribution in [0.25, 0.3) is 0 Å². The minimum absolute atomic E-state index is 0.0413. The third kappa shape index (κ3) is 2.95. The average Bonchev–Trinajstić information content (AvgIpc) is 2.56. The number of aliphatic hydroxyl groups excluding tert-OH is 1. The van der Waals surface area contributed by atoms with Crippen molar-refractivity contribution in [1.82, 2.24) is 4.90 Å². The van der Waals surface area contributed by atoms with E-state index in [0.717, 1.165) is 0 Å². The lowest BCUT2D eigenvalue weighted by molar-refractivity contribution is -0.149. The third-order valence-electron chi connectivity index (χ3n) is 3.05. The smallest absolute Gasteiger partial charge is 0.326 e. The number of carboxylic acid groups (broad SMARTS) is 1. The molecular formula is C11H20N2O4. The first-order valence-electron chi connectivity index (χ1n) is 5.61. The molecular weight excluding hydrogens is 224 g/mol. The minimum atomic E-state index is -1.10. The zero-order valence-electron chi connectivity index (χ0n) is 10.4.